The number of hydrogen-bond acceptors (Lipinski definition) is 4. The van der Waals surface area contributed by atoms with Crippen LogP contribution in [0.1, 0.15) is 11.1 Å². The van der Waals surface area contributed by atoms with E-state index >= 15 is 0 Å². The number of fused-ring (bicyclic) bond motifs is 1. The molecular formula is C10H10N2O4. The number of non-ortho nitro benzene ring substituents is 1. The first-order valence-electron chi connectivity index (χ1n) is 4.80. The van der Waals surface area contributed by atoms with Crippen LogP contribution in [0.15, 0.2) is 18.2 Å². The third kappa shape index (κ3) is 1.87. The van der Waals surface area contributed by atoms with Crippen LogP contribution in [-0.2, 0) is 17.8 Å². The van der Waals surface area contributed by atoms with E-state index in [1.807, 2.05) is 0 Å². The third-order valence-electron chi connectivity index (χ3n) is 2.66. The maximum Gasteiger partial charge on any atom is 0.321 e. The molecule has 0 fully saturated rings. The zero-order valence-electron chi connectivity index (χ0n) is 8.34. The molecule has 0 spiro atoms. The number of nitrogens with one attached hydrogen (secondary N) is 1. The van der Waals surface area contributed by atoms with Crippen LogP contribution >= 0.6 is 0 Å². The predicted octanol–water partition coefficient (Wildman–Crippen LogP) is 0.694. The predicted molar refractivity (Wildman–Crippen MR) is 55.1 cm³/mol. The van der Waals surface area contributed by atoms with Gasteiger partial charge in [0.15, 0.2) is 0 Å². The molecule has 0 saturated carbocycles. The van der Waals surface area contributed by atoms with Crippen LogP contribution in [0.2, 0.25) is 0 Å². The van der Waals surface area contributed by atoms with E-state index in [1.54, 1.807) is 6.07 Å². The maximum atomic E-state index is 10.8. The van der Waals surface area contributed by atoms with Crippen molar-refractivity contribution in [1.29, 1.82) is 0 Å². The van der Waals surface area contributed by atoms with Gasteiger partial charge in [-0.05, 0) is 17.5 Å². The molecule has 1 aliphatic heterocycles. The fourth-order valence-electron chi connectivity index (χ4n) is 1.79. The molecule has 2 rings (SSSR count). The van der Waals surface area contributed by atoms with E-state index in [9.17, 15) is 14.9 Å². The van der Waals surface area contributed by atoms with Gasteiger partial charge in [0.1, 0.15) is 6.04 Å². The van der Waals surface area contributed by atoms with Crippen molar-refractivity contribution in [3.8, 4) is 0 Å². The fourth-order valence-corrected chi connectivity index (χ4v) is 1.79. The van der Waals surface area contributed by atoms with Crippen molar-refractivity contribution in [2.45, 2.75) is 19.0 Å². The summed E-state index contributed by atoms with van der Waals surface area (Å²) < 4.78 is 0. The standard InChI is InChI=1S/C10H10N2O4/c13-10(14)9-4-6-1-2-8(12(15)16)3-7(6)5-11-9/h1-3,9,11H,4-5H2,(H,13,14). The SMILES string of the molecule is O=C(O)C1Cc2ccc([N+](=O)[O-])cc2CN1. The third-order valence-corrected chi connectivity index (χ3v) is 2.66. The Bertz CT molecular complexity index is 458. The van der Waals surface area contributed by atoms with Gasteiger partial charge in [-0.2, -0.15) is 0 Å². The zero-order chi connectivity index (χ0) is 11.7. The molecule has 1 atom stereocenters. The van der Waals surface area contributed by atoms with E-state index in [0.717, 1.165) is 11.1 Å². The molecule has 6 heteroatoms. The van der Waals surface area contributed by atoms with Crippen LogP contribution in [0.25, 0.3) is 0 Å². The highest BCUT2D eigenvalue weighted by atomic mass is 16.6. The van der Waals surface area contributed by atoms with Gasteiger partial charge in [-0.15, -0.1) is 0 Å². The number of benzene rings is 1. The van der Waals surface area contributed by atoms with E-state index in [1.165, 1.54) is 12.1 Å². The molecule has 0 bridgehead atoms. The van der Waals surface area contributed by atoms with E-state index in [0.29, 0.717) is 13.0 Å². The van der Waals surface area contributed by atoms with Gasteiger partial charge in [0, 0.05) is 18.7 Å². The second kappa shape index (κ2) is 3.90. The summed E-state index contributed by atoms with van der Waals surface area (Å²) in [7, 11) is 0. The lowest BCUT2D eigenvalue weighted by Gasteiger charge is -2.22. The lowest BCUT2D eigenvalue weighted by atomic mass is 9.95. The van der Waals surface area contributed by atoms with Crippen LogP contribution in [0.3, 0.4) is 0 Å². The molecule has 1 unspecified atom stereocenters. The molecule has 1 heterocycles. The number of aliphatic carboxylic acids is 1. The number of nitro groups is 1. The molecule has 16 heavy (non-hydrogen) atoms. The van der Waals surface area contributed by atoms with Gasteiger partial charge < -0.3 is 10.4 Å². The monoisotopic (exact) mass is 222 g/mol. The Morgan fingerprint density at radius 1 is 1.50 bits per heavy atom. The number of rotatable bonds is 2. The highest BCUT2D eigenvalue weighted by molar-refractivity contribution is 5.74. The summed E-state index contributed by atoms with van der Waals surface area (Å²) in [6.45, 7) is 0.355. The smallest absolute Gasteiger partial charge is 0.321 e. The number of carboxylic acid groups (broad SMARTS) is 1. The lowest BCUT2D eigenvalue weighted by molar-refractivity contribution is -0.384. The minimum atomic E-state index is -0.899. The summed E-state index contributed by atoms with van der Waals surface area (Å²) in [6.07, 6.45) is 0.364. The highest BCUT2D eigenvalue weighted by Gasteiger charge is 2.24. The molecule has 6 nitrogen and oxygen atoms in total. The van der Waals surface area contributed by atoms with Crippen LogP contribution in [0, 0.1) is 10.1 Å². The zero-order valence-corrected chi connectivity index (χ0v) is 8.34. The number of hydrogen-bond donors (Lipinski definition) is 2. The summed E-state index contributed by atoms with van der Waals surface area (Å²) in [5.41, 5.74) is 1.69. The first-order chi connectivity index (χ1) is 7.58. The normalized spacial score (nSPS) is 18.9. The molecule has 0 radical (unpaired) electrons. The van der Waals surface area contributed by atoms with Gasteiger partial charge in [0.2, 0.25) is 0 Å². The molecule has 0 aromatic heterocycles. The molecule has 1 aliphatic rings. The van der Waals surface area contributed by atoms with Gasteiger partial charge in [-0.1, -0.05) is 6.07 Å². The van der Waals surface area contributed by atoms with Crippen molar-refractivity contribution in [3.63, 3.8) is 0 Å². The van der Waals surface area contributed by atoms with E-state index < -0.39 is 16.9 Å². The fraction of sp³-hybridized carbons (Fsp3) is 0.300. The van der Waals surface area contributed by atoms with Crippen LogP contribution in [0.5, 0.6) is 0 Å². The number of carbonyl (C=O) groups is 1. The van der Waals surface area contributed by atoms with Gasteiger partial charge >= 0.3 is 5.97 Å². The van der Waals surface area contributed by atoms with Crippen molar-refractivity contribution in [3.05, 3.63) is 39.4 Å². The molecule has 1 aromatic rings. The van der Waals surface area contributed by atoms with Crippen molar-refractivity contribution >= 4 is 11.7 Å². The second-order valence-corrected chi connectivity index (χ2v) is 3.69. The highest BCUT2D eigenvalue weighted by Crippen LogP contribution is 2.22. The van der Waals surface area contributed by atoms with Gasteiger partial charge in [0.25, 0.3) is 5.69 Å². The second-order valence-electron chi connectivity index (χ2n) is 3.69. The van der Waals surface area contributed by atoms with E-state index in [4.69, 9.17) is 5.11 Å². The Labute approximate surface area is 91.0 Å². The summed E-state index contributed by atoms with van der Waals surface area (Å²) in [4.78, 5) is 20.9. The van der Waals surface area contributed by atoms with Crippen molar-refractivity contribution in [2.75, 3.05) is 0 Å². The van der Waals surface area contributed by atoms with Crippen molar-refractivity contribution in [2.24, 2.45) is 0 Å². The minimum absolute atomic E-state index is 0.0364. The van der Waals surface area contributed by atoms with E-state index in [2.05, 4.69) is 5.32 Å². The lowest BCUT2D eigenvalue weighted by Crippen LogP contribution is -2.41. The summed E-state index contributed by atoms with van der Waals surface area (Å²) in [5.74, 6) is -0.899. The average Bonchev–Trinajstić information content (AvgIpc) is 2.27. The van der Waals surface area contributed by atoms with E-state index in [-0.39, 0.29) is 5.69 Å². The minimum Gasteiger partial charge on any atom is -0.480 e. The Kier molecular flexibility index (Phi) is 2.57. The molecule has 84 valence electrons. The first kappa shape index (κ1) is 10.6. The summed E-state index contributed by atoms with van der Waals surface area (Å²) in [5, 5.41) is 22.2. The van der Waals surface area contributed by atoms with Crippen molar-refractivity contribution < 1.29 is 14.8 Å². The van der Waals surface area contributed by atoms with Gasteiger partial charge in [0.05, 0.1) is 4.92 Å². The maximum absolute atomic E-state index is 10.8. The molecule has 1 aromatic carbocycles. The number of carboxylic acids is 1. The molecule has 2 N–H and O–H groups in total. The molecule has 0 aliphatic carbocycles. The Morgan fingerprint density at radius 2 is 2.25 bits per heavy atom. The number of nitrogens with zero attached hydrogens (tertiary/aromatic N) is 1. The van der Waals surface area contributed by atoms with Gasteiger partial charge in [-0.3, -0.25) is 14.9 Å². The van der Waals surface area contributed by atoms with Crippen LogP contribution in [-0.4, -0.2) is 22.0 Å². The Hall–Kier alpha value is -1.95. The summed E-state index contributed by atoms with van der Waals surface area (Å²) in [6, 6.07) is 3.92. The Morgan fingerprint density at radius 3 is 2.88 bits per heavy atom. The molecule has 0 saturated heterocycles. The van der Waals surface area contributed by atoms with Crippen molar-refractivity contribution in [1.82, 2.24) is 5.32 Å². The topological polar surface area (TPSA) is 92.5 Å². The Balaban J connectivity index is 2.29. The summed E-state index contributed by atoms with van der Waals surface area (Å²) >= 11 is 0. The average molecular weight is 222 g/mol. The van der Waals surface area contributed by atoms with Crippen LogP contribution < -0.4 is 5.32 Å². The molecule has 0 amide bonds. The quantitative estimate of drug-likeness (QED) is 0.567. The van der Waals surface area contributed by atoms with Crippen LogP contribution in [0.4, 0.5) is 5.69 Å². The molecular weight excluding hydrogens is 212 g/mol. The largest absolute Gasteiger partial charge is 0.480 e. The number of nitro benzene ring substituents is 1. The first-order valence-corrected chi connectivity index (χ1v) is 4.80. The van der Waals surface area contributed by atoms with Gasteiger partial charge in [-0.25, -0.2) is 0 Å².